The highest BCUT2D eigenvalue weighted by atomic mass is 127. The van der Waals surface area contributed by atoms with Crippen LogP contribution in [0.2, 0.25) is 0 Å². The molecule has 1 atom stereocenters. The van der Waals surface area contributed by atoms with Crippen molar-refractivity contribution in [1.29, 1.82) is 0 Å². The molecule has 2 aromatic rings. The van der Waals surface area contributed by atoms with E-state index < -0.39 is 0 Å². The number of nitrogens with zero attached hydrogens (tertiary/aromatic N) is 1. The first-order valence-corrected chi connectivity index (χ1v) is 9.77. The van der Waals surface area contributed by atoms with Gasteiger partial charge in [-0.15, -0.1) is 35.3 Å². The van der Waals surface area contributed by atoms with Gasteiger partial charge in [-0.3, -0.25) is 4.99 Å². The Hall–Kier alpha value is -1.12. The molecule has 0 saturated heterocycles. The van der Waals surface area contributed by atoms with Gasteiger partial charge >= 0.3 is 0 Å². The monoisotopic (exact) mass is 487 g/mol. The topological polar surface area (TPSA) is 45.7 Å². The van der Waals surface area contributed by atoms with Crippen LogP contribution in [0.25, 0.3) is 0 Å². The van der Waals surface area contributed by atoms with E-state index in [2.05, 4.69) is 52.2 Å². The summed E-state index contributed by atoms with van der Waals surface area (Å²) in [5.41, 5.74) is 1.23. The highest BCUT2D eigenvalue weighted by Crippen LogP contribution is 2.19. The minimum Gasteiger partial charge on any atom is -0.377 e. The van der Waals surface area contributed by atoms with Crippen molar-refractivity contribution in [2.45, 2.75) is 32.3 Å². The largest absolute Gasteiger partial charge is 0.377 e. The van der Waals surface area contributed by atoms with E-state index in [4.69, 9.17) is 4.74 Å². The quantitative estimate of drug-likeness (QED) is 0.222. The number of nitrogens with one attached hydrogen (secondary N) is 2. The fourth-order valence-electron chi connectivity index (χ4n) is 2.44. The number of halogens is 1. The molecule has 2 N–H and O–H groups in total. The Balaban J connectivity index is 0.00000338. The fraction of sp³-hybridized carbons (Fsp3) is 0.450. The van der Waals surface area contributed by atoms with Gasteiger partial charge in [0.25, 0.3) is 0 Å². The summed E-state index contributed by atoms with van der Waals surface area (Å²) in [4.78, 5) is 5.68. The van der Waals surface area contributed by atoms with E-state index in [0.717, 1.165) is 38.5 Å². The summed E-state index contributed by atoms with van der Waals surface area (Å²) in [6, 6.07) is 14.6. The first-order chi connectivity index (χ1) is 12.3. The summed E-state index contributed by atoms with van der Waals surface area (Å²) in [7, 11) is 1.81. The normalized spacial score (nSPS) is 12.3. The van der Waals surface area contributed by atoms with Gasteiger partial charge in [0.15, 0.2) is 5.96 Å². The van der Waals surface area contributed by atoms with Crippen molar-refractivity contribution >= 4 is 41.3 Å². The Labute approximate surface area is 178 Å². The zero-order valence-electron chi connectivity index (χ0n) is 15.6. The smallest absolute Gasteiger partial charge is 0.190 e. The van der Waals surface area contributed by atoms with Gasteiger partial charge in [0.1, 0.15) is 0 Å². The molecule has 144 valence electrons. The van der Waals surface area contributed by atoms with E-state index in [0.29, 0.717) is 12.5 Å². The minimum absolute atomic E-state index is 0. The number of unbranched alkanes of at least 4 members (excludes halogenated alkanes) is 1. The Kier molecular flexibility index (Phi) is 12.3. The molecule has 6 heteroatoms. The van der Waals surface area contributed by atoms with Gasteiger partial charge in [-0.1, -0.05) is 43.3 Å². The van der Waals surface area contributed by atoms with Crippen molar-refractivity contribution < 1.29 is 4.74 Å². The lowest BCUT2D eigenvalue weighted by Crippen LogP contribution is -2.39. The molecule has 0 saturated carbocycles. The molecule has 0 aliphatic heterocycles. The summed E-state index contributed by atoms with van der Waals surface area (Å²) in [5, 5.41) is 8.88. The molecule has 1 heterocycles. The Morgan fingerprint density at radius 2 is 1.92 bits per heavy atom. The number of ether oxygens (including phenoxy) is 1. The van der Waals surface area contributed by atoms with Crippen LogP contribution < -0.4 is 10.6 Å². The van der Waals surface area contributed by atoms with E-state index in [1.165, 1.54) is 10.4 Å². The average molecular weight is 487 g/mol. The predicted molar refractivity (Wildman–Crippen MR) is 123 cm³/mol. The van der Waals surface area contributed by atoms with Crippen molar-refractivity contribution in [3.05, 3.63) is 58.3 Å². The van der Waals surface area contributed by atoms with Crippen LogP contribution in [0.15, 0.2) is 52.8 Å². The van der Waals surface area contributed by atoms with Crippen LogP contribution >= 0.6 is 35.3 Å². The summed E-state index contributed by atoms with van der Waals surface area (Å²) in [6.45, 7) is 5.51. The lowest BCUT2D eigenvalue weighted by molar-refractivity contribution is 0.117. The summed E-state index contributed by atoms with van der Waals surface area (Å²) >= 11 is 1.80. The minimum atomic E-state index is 0. The summed E-state index contributed by atoms with van der Waals surface area (Å²) < 4.78 is 5.70. The zero-order chi connectivity index (χ0) is 17.7. The van der Waals surface area contributed by atoms with E-state index in [1.807, 2.05) is 25.2 Å². The SMILES string of the molecule is CN=C(NCCCCOCc1ccccc1)NCC(C)c1cccs1.I. The van der Waals surface area contributed by atoms with Crippen LogP contribution in [0.4, 0.5) is 0 Å². The molecule has 26 heavy (non-hydrogen) atoms. The summed E-state index contributed by atoms with van der Waals surface area (Å²) in [5.74, 6) is 1.36. The molecule has 0 spiro atoms. The number of benzene rings is 1. The molecule has 0 aliphatic rings. The Morgan fingerprint density at radius 1 is 1.12 bits per heavy atom. The van der Waals surface area contributed by atoms with E-state index in [9.17, 15) is 0 Å². The maximum absolute atomic E-state index is 5.70. The second kappa shape index (κ2) is 14.0. The Morgan fingerprint density at radius 3 is 2.62 bits per heavy atom. The number of hydrogen-bond donors (Lipinski definition) is 2. The molecule has 1 aromatic heterocycles. The van der Waals surface area contributed by atoms with Crippen molar-refractivity contribution in [1.82, 2.24) is 10.6 Å². The van der Waals surface area contributed by atoms with Gasteiger partial charge in [0, 0.05) is 37.5 Å². The molecular formula is C20H30IN3OS. The average Bonchev–Trinajstić information content (AvgIpc) is 3.19. The third-order valence-electron chi connectivity index (χ3n) is 3.95. The van der Waals surface area contributed by atoms with Gasteiger partial charge in [0.05, 0.1) is 6.61 Å². The number of rotatable bonds is 10. The van der Waals surface area contributed by atoms with Gasteiger partial charge in [0.2, 0.25) is 0 Å². The lowest BCUT2D eigenvalue weighted by Gasteiger charge is -2.15. The predicted octanol–water partition coefficient (Wildman–Crippen LogP) is 4.63. The van der Waals surface area contributed by atoms with Crippen LogP contribution in [0.1, 0.15) is 36.1 Å². The second-order valence-electron chi connectivity index (χ2n) is 6.04. The van der Waals surface area contributed by atoms with Crippen LogP contribution in [0.3, 0.4) is 0 Å². The molecule has 0 fully saturated rings. The molecule has 2 rings (SSSR count). The second-order valence-corrected chi connectivity index (χ2v) is 7.02. The van der Waals surface area contributed by atoms with Crippen LogP contribution in [-0.4, -0.2) is 32.7 Å². The van der Waals surface area contributed by atoms with Crippen molar-refractivity contribution in [2.75, 3.05) is 26.7 Å². The van der Waals surface area contributed by atoms with Gasteiger partial charge in [-0.2, -0.15) is 0 Å². The molecule has 1 aromatic carbocycles. The molecular weight excluding hydrogens is 457 g/mol. The van der Waals surface area contributed by atoms with Crippen molar-refractivity contribution in [3.8, 4) is 0 Å². The standard InChI is InChI=1S/C20H29N3OS.HI/c1-17(19-11-8-14-25-19)15-23-20(21-2)22-12-6-7-13-24-16-18-9-4-3-5-10-18;/h3-5,8-11,14,17H,6-7,12-13,15-16H2,1-2H3,(H2,21,22,23);1H. The molecule has 0 bridgehead atoms. The van der Waals surface area contributed by atoms with E-state index in [-0.39, 0.29) is 24.0 Å². The van der Waals surface area contributed by atoms with E-state index in [1.54, 1.807) is 11.3 Å². The molecule has 0 radical (unpaired) electrons. The van der Waals surface area contributed by atoms with Gasteiger partial charge in [-0.25, -0.2) is 0 Å². The maximum Gasteiger partial charge on any atom is 0.190 e. The summed E-state index contributed by atoms with van der Waals surface area (Å²) in [6.07, 6.45) is 2.11. The molecule has 0 amide bonds. The number of thiophene rings is 1. The first-order valence-electron chi connectivity index (χ1n) is 8.89. The van der Waals surface area contributed by atoms with Crippen LogP contribution in [0.5, 0.6) is 0 Å². The van der Waals surface area contributed by atoms with E-state index >= 15 is 0 Å². The van der Waals surface area contributed by atoms with Gasteiger partial charge < -0.3 is 15.4 Å². The van der Waals surface area contributed by atoms with Gasteiger partial charge in [-0.05, 0) is 29.9 Å². The first kappa shape index (κ1) is 22.9. The molecule has 0 aliphatic carbocycles. The highest BCUT2D eigenvalue weighted by molar-refractivity contribution is 14.0. The number of hydrogen-bond acceptors (Lipinski definition) is 3. The lowest BCUT2D eigenvalue weighted by atomic mass is 10.1. The van der Waals surface area contributed by atoms with Crippen LogP contribution in [-0.2, 0) is 11.3 Å². The molecule has 1 unspecified atom stereocenters. The Bertz CT molecular complexity index is 605. The number of guanidine groups is 1. The third kappa shape index (κ3) is 9.00. The fourth-order valence-corrected chi connectivity index (χ4v) is 3.23. The highest BCUT2D eigenvalue weighted by Gasteiger charge is 2.07. The van der Waals surface area contributed by atoms with Crippen molar-refractivity contribution in [3.63, 3.8) is 0 Å². The van der Waals surface area contributed by atoms with Crippen molar-refractivity contribution in [2.24, 2.45) is 4.99 Å². The maximum atomic E-state index is 5.70. The third-order valence-corrected chi connectivity index (χ3v) is 5.05. The van der Waals surface area contributed by atoms with Crippen LogP contribution in [0, 0.1) is 0 Å². The zero-order valence-corrected chi connectivity index (χ0v) is 18.8. The number of aliphatic imine (C=N–C) groups is 1. The molecule has 4 nitrogen and oxygen atoms in total.